The molecule has 0 bridgehead atoms. The lowest BCUT2D eigenvalue weighted by Gasteiger charge is -2.32. The number of ether oxygens (including phenoxy) is 3. The Morgan fingerprint density at radius 2 is 1.96 bits per heavy atom. The average Bonchev–Trinajstić information content (AvgIpc) is 2.60. The molecule has 6 nitrogen and oxygen atoms in total. The Hall–Kier alpha value is -1.66. The summed E-state index contributed by atoms with van der Waals surface area (Å²) in [5.41, 5.74) is 0.587. The van der Waals surface area contributed by atoms with Crippen LogP contribution in [0.15, 0.2) is 12.1 Å². The lowest BCUT2D eigenvalue weighted by Crippen LogP contribution is -2.44. The Labute approximate surface area is 142 Å². The van der Waals surface area contributed by atoms with Gasteiger partial charge in [0.05, 0.1) is 7.11 Å². The molecule has 1 N–H and O–H groups in total. The molecule has 0 unspecified atom stereocenters. The Balaban J connectivity index is 0.00000192. The molecule has 3 rings (SSSR count). The number of likely N-dealkylation sites (tertiary alicyclic amines) is 1. The Kier molecular flexibility index (Phi) is 5.96. The highest BCUT2D eigenvalue weighted by molar-refractivity contribution is 5.95. The van der Waals surface area contributed by atoms with Crippen LogP contribution >= 0.6 is 12.4 Å². The quantitative estimate of drug-likeness (QED) is 0.906. The fourth-order valence-electron chi connectivity index (χ4n) is 2.95. The van der Waals surface area contributed by atoms with Gasteiger partial charge in [0.2, 0.25) is 5.75 Å². The van der Waals surface area contributed by atoms with Crippen molar-refractivity contribution in [1.82, 2.24) is 10.2 Å². The van der Waals surface area contributed by atoms with E-state index < -0.39 is 0 Å². The van der Waals surface area contributed by atoms with E-state index in [-0.39, 0.29) is 18.3 Å². The summed E-state index contributed by atoms with van der Waals surface area (Å²) in [6, 6.07) is 3.99. The minimum absolute atomic E-state index is 0. The van der Waals surface area contributed by atoms with Gasteiger partial charge in [0.15, 0.2) is 11.5 Å². The number of halogens is 1. The van der Waals surface area contributed by atoms with E-state index in [2.05, 4.69) is 5.32 Å². The molecule has 1 aromatic carbocycles. The van der Waals surface area contributed by atoms with Gasteiger partial charge in [0, 0.05) is 24.7 Å². The zero-order valence-electron chi connectivity index (χ0n) is 13.5. The molecule has 0 aliphatic carbocycles. The zero-order chi connectivity index (χ0) is 15.5. The second-order valence-corrected chi connectivity index (χ2v) is 5.56. The second kappa shape index (κ2) is 7.75. The van der Waals surface area contributed by atoms with Gasteiger partial charge in [-0.2, -0.15) is 0 Å². The van der Waals surface area contributed by atoms with Gasteiger partial charge < -0.3 is 24.4 Å². The third-order valence-corrected chi connectivity index (χ3v) is 4.27. The number of amides is 1. The van der Waals surface area contributed by atoms with Gasteiger partial charge in [-0.15, -0.1) is 12.4 Å². The minimum atomic E-state index is 0. The van der Waals surface area contributed by atoms with Crippen molar-refractivity contribution in [2.75, 3.05) is 40.5 Å². The molecule has 7 heteroatoms. The lowest BCUT2D eigenvalue weighted by atomic mass is 10.0. The van der Waals surface area contributed by atoms with Crippen LogP contribution < -0.4 is 19.5 Å². The molecule has 2 aliphatic rings. The molecular formula is C16H23ClN2O4. The van der Waals surface area contributed by atoms with E-state index in [1.807, 2.05) is 11.9 Å². The van der Waals surface area contributed by atoms with Crippen LogP contribution in [0.3, 0.4) is 0 Å². The summed E-state index contributed by atoms with van der Waals surface area (Å²) in [6.07, 6.45) is 1.95. The summed E-state index contributed by atoms with van der Waals surface area (Å²) in [6.45, 7) is 2.51. The zero-order valence-corrected chi connectivity index (χ0v) is 14.3. The molecule has 23 heavy (non-hydrogen) atoms. The SMILES string of the molecule is CNC1CCN(C(=O)c2cc(OC)c3c(c2)OCCO3)CC1.Cl. The van der Waals surface area contributed by atoms with Crippen LogP contribution in [0.2, 0.25) is 0 Å². The van der Waals surface area contributed by atoms with Crippen LogP contribution in [-0.2, 0) is 0 Å². The Morgan fingerprint density at radius 3 is 2.61 bits per heavy atom. The van der Waals surface area contributed by atoms with Crippen molar-refractivity contribution in [3.63, 3.8) is 0 Å². The molecule has 0 radical (unpaired) electrons. The summed E-state index contributed by atoms with van der Waals surface area (Å²) in [5.74, 6) is 1.73. The third-order valence-electron chi connectivity index (χ3n) is 4.27. The highest BCUT2D eigenvalue weighted by atomic mass is 35.5. The van der Waals surface area contributed by atoms with Crippen molar-refractivity contribution in [2.45, 2.75) is 18.9 Å². The molecule has 1 aromatic rings. The van der Waals surface area contributed by atoms with Crippen LogP contribution in [0.25, 0.3) is 0 Å². The number of fused-ring (bicyclic) bond motifs is 1. The van der Waals surface area contributed by atoms with Gasteiger partial charge in [-0.25, -0.2) is 0 Å². The summed E-state index contributed by atoms with van der Waals surface area (Å²) >= 11 is 0. The number of hydrogen-bond donors (Lipinski definition) is 1. The number of carbonyl (C=O) groups excluding carboxylic acids is 1. The molecule has 128 valence electrons. The molecule has 2 heterocycles. The van der Waals surface area contributed by atoms with Crippen LogP contribution in [0.4, 0.5) is 0 Å². The molecule has 2 aliphatic heterocycles. The summed E-state index contributed by atoms with van der Waals surface area (Å²) in [5, 5.41) is 3.27. The summed E-state index contributed by atoms with van der Waals surface area (Å²) < 4.78 is 16.5. The first-order valence-electron chi connectivity index (χ1n) is 7.67. The third kappa shape index (κ3) is 3.64. The maximum absolute atomic E-state index is 12.7. The van der Waals surface area contributed by atoms with Crippen LogP contribution in [0.5, 0.6) is 17.2 Å². The van der Waals surface area contributed by atoms with Gasteiger partial charge in [-0.1, -0.05) is 0 Å². The van der Waals surface area contributed by atoms with E-state index in [0.29, 0.717) is 42.1 Å². The van der Waals surface area contributed by atoms with E-state index in [4.69, 9.17) is 14.2 Å². The van der Waals surface area contributed by atoms with Crippen LogP contribution in [0.1, 0.15) is 23.2 Å². The molecule has 0 aromatic heterocycles. The molecule has 0 atom stereocenters. The minimum Gasteiger partial charge on any atom is -0.493 e. The number of nitrogens with one attached hydrogen (secondary N) is 1. The fourth-order valence-corrected chi connectivity index (χ4v) is 2.95. The van der Waals surface area contributed by atoms with Crippen molar-refractivity contribution >= 4 is 18.3 Å². The number of carbonyl (C=O) groups is 1. The van der Waals surface area contributed by atoms with Crippen molar-refractivity contribution in [1.29, 1.82) is 0 Å². The van der Waals surface area contributed by atoms with E-state index in [1.165, 1.54) is 0 Å². The number of benzene rings is 1. The molecule has 0 saturated carbocycles. The van der Waals surface area contributed by atoms with Crippen LogP contribution in [-0.4, -0.2) is 57.3 Å². The second-order valence-electron chi connectivity index (χ2n) is 5.56. The number of nitrogens with zero attached hydrogens (tertiary/aromatic N) is 1. The van der Waals surface area contributed by atoms with Crippen LogP contribution in [0, 0.1) is 0 Å². The largest absolute Gasteiger partial charge is 0.493 e. The normalized spacial score (nSPS) is 17.4. The molecule has 1 amide bonds. The van der Waals surface area contributed by atoms with Crippen molar-refractivity contribution in [3.05, 3.63) is 17.7 Å². The smallest absolute Gasteiger partial charge is 0.254 e. The van der Waals surface area contributed by atoms with Gasteiger partial charge in [0.25, 0.3) is 5.91 Å². The predicted molar refractivity (Wildman–Crippen MR) is 89.2 cm³/mol. The number of hydrogen-bond acceptors (Lipinski definition) is 5. The van der Waals surface area contributed by atoms with Crippen molar-refractivity contribution < 1.29 is 19.0 Å². The van der Waals surface area contributed by atoms with E-state index in [0.717, 1.165) is 25.9 Å². The molecular weight excluding hydrogens is 320 g/mol. The first-order chi connectivity index (χ1) is 10.7. The Morgan fingerprint density at radius 1 is 1.26 bits per heavy atom. The lowest BCUT2D eigenvalue weighted by molar-refractivity contribution is 0.0705. The topological polar surface area (TPSA) is 60.0 Å². The maximum atomic E-state index is 12.7. The molecule has 1 fully saturated rings. The van der Waals surface area contributed by atoms with Crippen molar-refractivity contribution in [3.8, 4) is 17.2 Å². The fraction of sp³-hybridized carbons (Fsp3) is 0.562. The van der Waals surface area contributed by atoms with Gasteiger partial charge >= 0.3 is 0 Å². The number of piperidine rings is 1. The monoisotopic (exact) mass is 342 g/mol. The average molecular weight is 343 g/mol. The molecule has 1 saturated heterocycles. The van der Waals surface area contributed by atoms with E-state index in [9.17, 15) is 4.79 Å². The Bertz CT molecular complexity index is 542. The van der Waals surface area contributed by atoms with E-state index in [1.54, 1.807) is 19.2 Å². The first kappa shape index (κ1) is 17.7. The van der Waals surface area contributed by atoms with Gasteiger partial charge in [0.1, 0.15) is 13.2 Å². The number of methoxy groups -OCH3 is 1. The highest BCUT2D eigenvalue weighted by Crippen LogP contribution is 2.40. The van der Waals surface area contributed by atoms with E-state index >= 15 is 0 Å². The van der Waals surface area contributed by atoms with Gasteiger partial charge in [-0.05, 0) is 32.0 Å². The standard InChI is InChI=1S/C16H22N2O4.ClH/c1-17-12-3-5-18(6-4-12)16(19)11-9-13(20-2)15-14(10-11)21-7-8-22-15;/h9-10,12,17H,3-8H2,1-2H3;1H. The van der Waals surface area contributed by atoms with Gasteiger partial charge in [-0.3, -0.25) is 4.79 Å². The highest BCUT2D eigenvalue weighted by Gasteiger charge is 2.26. The first-order valence-corrected chi connectivity index (χ1v) is 7.67. The maximum Gasteiger partial charge on any atom is 0.254 e. The number of rotatable bonds is 3. The van der Waals surface area contributed by atoms with Crippen molar-refractivity contribution in [2.24, 2.45) is 0 Å². The molecule has 0 spiro atoms. The summed E-state index contributed by atoms with van der Waals surface area (Å²) in [4.78, 5) is 14.6. The summed E-state index contributed by atoms with van der Waals surface area (Å²) in [7, 11) is 3.54. The predicted octanol–water partition coefficient (Wildman–Crippen LogP) is 1.71.